The van der Waals surface area contributed by atoms with Crippen molar-refractivity contribution in [1.29, 1.82) is 0 Å². The predicted molar refractivity (Wildman–Crippen MR) is 77.0 cm³/mol. The van der Waals surface area contributed by atoms with E-state index < -0.39 is 12.0 Å². The van der Waals surface area contributed by atoms with E-state index in [-0.39, 0.29) is 18.4 Å². The van der Waals surface area contributed by atoms with Crippen LogP contribution in [0.5, 0.6) is 0 Å². The van der Waals surface area contributed by atoms with Crippen LogP contribution in [0.1, 0.15) is 20.3 Å². The van der Waals surface area contributed by atoms with E-state index in [0.717, 1.165) is 6.42 Å². The predicted octanol–water partition coefficient (Wildman–Crippen LogP) is 0.533. The number of nitrogens with zero attached hydrogens (tertiary/aromatic N) is 1. The standard InChI is InChI=1S/C13H20N2O4S/c1-4-5-9(2)13(18)15-8-20-7-10(15)12(17)14-6-11(16)19-3/h5,10H,4,6-8H2,1-3H3,(H,14,17). The number of amides is 2. The summed E-state index contributed by atoms with van der Waals surface area (Å²) in [6, 6.07) is -0.530. The van der Waals surface area contributed by atoms with Crippen LogP contribution in [0.15, 0.2) is 11.6 Å². The van der Waals surface area contributed by atoms with Gasteiger partial charge in [0.15, 0.2) is 0 Å². The summed E-state index contributed by atoms with van der Waals surface area (Å²) in [5.74, 6) is 0.0689. The maximum Gasteiger partial charge on any atom is 0.325 e. The number of nitrogens with one attached hydrogen (secondary N) is 1. The lowest BCUT2D eigenvalue weighted by Crippen LogP contribution is -2.48. The molecule has 2 amide bonds. The van der Waals surface area contributed by atoms with Gasteiger partial charge in [-0.2, -0.15) is 0 Å². The molecule has 7 heteroatoms. The Labute approximate surface area is 122 Å². The minimum atomic E-state index is -0.530. The van der Waals surface area contributed by atoms with E-state index in [1.165, 1.54) is 18.9 Å². The number of rotatable bonds is 5. The molecule has 112 valence electrons. The van der Waals surface area contributed by atoms with E-state index in [1.54, 1.807) is 11.8 Å². The first-order chi connectivity index (χ1) is 9.51. The molecular weight excluding hydrogens is 280 g/mol. The number of carbonyl (C=O) groups excluding carboxylic acids is 3. The summed E-state index contributed by atoms with van der Waals surface area (Å²) in [7, 11) is 1.26. The molecule has 1 aliphatic rings. The van der Waals surface area contributed by atoms with Crippen LogP contribution in [0.4, 0.5) is 0 Å². The number of allylic oxidation sites excluding steroid dienone is 1. The van der Waals surface area contributed by atoms with Crippen LogP contribution in [-0.4, -0.2) is 54.0 Å². The Hall–Kier alpha value is -1.50. The molecule has 1 saturated heterocycles. The van der Waals surface area contributed by atoms with Gasteiger partial charge in [-0.25, -0.2) is 0 Å². The fourth-order valence-electron chi connectivity index (χ4n) is 1.83. The van der Waals surface area contributed by atoms with Gasteiger partial charge in [-0.15, -0.1) is 11.8 Å². The van der Waals surface area contributed by atoms with Gasteiger partial charge in [0.05, 0.1) is 13.0 Å². The lowest BCUT2D eigenvalue weighted by Gasteiger charge is -2.23. The highest BCUT2D eigenvalue weighted by atomic mass is 32.2. The molecule has 1 heterocycles. The molecule has 0 saturated carbocycles. The smallest absolute Gasteiger partial charge is 0.325 e. The molecule has 1 aliphatic heterocycles. The monoisotopic (exact) mass is 300 g/mol. The molecular formula is C13H20N2O4S. The number of hydrogen-bond donors (Lipinski definition) is 1. The van der Waals surface area contributed by atoms with Gasteiger partial charge in [0.25, 0.3) is 5.91 Å². The van der Waals surface area contributed by atoms with Crippen molar-refractivity contribution >= 4 is 29.5 Å². The zero-order chi connectivity index (χ0) is 15.1. The minimum absolute atomic E-state index is 0.130. The summed E-state index contributed by atoms with van der Waals surface area (Å²) in [5, 5.41) is 2.49. The topological polar surface area (TPSA) is 75.7 Å². The van der Waals surface area contributed by atoms with Gasteiger partial charge in [0.1, 0.15) is 12.6 Å². The minimum Gasteiger partial charge on any atom is -0.468 e. The summed E-state index contributed by atoms with van der Waals surface area (Å²) in [6.45, 7) is 3.52. The van der Waals surface area contributed by atoms with Gasteiger partial charge in [0.2, 0.25) is 5.91 Å². The highest BCUT2D eigenvalue weighted by Gasteiger charge is 2.35. The van der Waals surface area contributed by atoms with Gasteiger partial charge < -0.3 is 15.0 Å². The third-order valence-electron chi connectivity index (χ3n) is 2.93. The summed E-state index contributed by atoms with van der Waals surface area (Å²) in [5.41, 5.74) is 0.640. The second-order valence-electron chi connectivity index (χ2n) is 4.38. The Morgan fingerprint density at radius 3 is 2.75 bits per heavy atom. The lowest BCUT2D eigenvalue weighted by molar-refractivity contribution is -0.142. The Morgan fingerprint density at radius 2 is 2.15 bits per heavy atom. The maximum atomic E-state index is 12.2. The van der Waals surface area contributed by atoms with Gasteiger partial charge in [-0.1, -0.05) is 13.0 Å². The largest absolute Gasteiger partial charge is 0.468 e. The van der Waals surface area contributed by atoms with Gasteiger partial charge in [-0.3, -0.25) is 14.4 Å². The van der Waals surface area contributed by atoms with E-state index in [9.17, 15) is 14.4 Å². The van der Waals surface area contributed by atoms with Crippen molar-refractivity contribution < 1.29 is 19.1 Å². The molecule has 0 radical (unpaired) electrons. The quantitative estimate of drug-likeness (QED) is 0.592. The van der Waals surface area contributed by atoms with E-state index in [1.807, 2.05) is 13.0 Å². The third kappa shape index (κ3) is 4.26. The van der Waals surface area contributed by atoms with Crippen LogP contribution in [0, 0.1) is 0 Å². The normalized spacial score (nSPS) is 18.9. The molecule has 0 bridgehead atoms. The van der Waals surface area contributed by atoms with E-state index in [2.05, 4.69) is 10.1 Å². The molecule has 1 unspecified atom stereocenters. The molecule has 0 aromatic heterocycles. The first-order valence-corrected chi connectivity index (χ1v) is 7.56. The molecule has 0 aliphatic carbocycles. The van der Waals surface area contributed by atoms with Crippen molar-refractivity contribution in [3.05, 3.63) is 11.6 Å². The summed E-state index contributed by atoms with van der Waals surface area (Å²) in [4.78, 5) is 36.8. The molecule has 1 atom stereocenters. The lowest BCUT2D eigenvalue weighted by atomic mass is 10.2. The summed E-state index contributed by atoms with van der Waals surface area (Å²) < 4.78 is 4.46. The van der Waals surface area contributed by atoms with Crippen LogP contribution in [0.3, 0.4) is 0 Å². The second kappa shape index (κ2) is 7.94. The first-order valence-electron chi connectivity index (χ1n) is 6.41. The highest BCUT2D eigenvalue weighted by molar-refractivity contribution is 7.99. The van der Waals surface area contributed by atoms with Crippen LogP contribution in [0.2, 0.25) is 0 Å². The zero-order valence-electron chi connectivity index (χ0n) is 12.0. The van der Waals surface area contributed by atoms with Crippen LogP contribution >= 0.6 is 11.8 Å². The van der Waals surface area contributed by atoms with Crippen molar-refractivity contribution in [2.24, 2.45) is 0 Å². The summed E-state index contributed by atoms with van der Waals surface area (Å²) >= 11 is 1.52. The number of esters is 1. The zero-order valence-corrected chi connectivity index (χ0v) is 12.8. The fraction of sp³-hybridized carbons (Fsp3) is 0.615. The molecule has 0 spiro atoms. The Kier molecular flexibility index (Phi) is 6.57. The third-order valence-corrected chi connectivity index (χ3v) is 3.94. The molecule has 1 N–H and O–H groups in total. The number of carbonyl (C=O) groups is 3. The molecule has 0 aromatic rings. The Balaban J connectivity index is 2.65. The van der Waals surface area contributed by atoms with E-state index in [0.29, 0.717) is 17.2 Å². The van der Waals surface area contributed by atoms with E-state index >= 15 is 0 Å². The van der Waals surface area contributed by atoms with Crippen LogP contribution in [0.25, 0.3) is 0 Å². The van der Waals surface area contributed by atoms with Crippen LogP contribution in [-0.2, 0) is 19.1 Å². The average molecular weight is 300 g/mol. The van der Waals surface area contributed by atoms with Gasteiger partial charge in [0, 0.05) is 11.3 Å². The van der Waals surface area contributed by atoms with Crippen molar-refractivity contribution in [3.8, 4) is 0 Å². The number of hydrogen-bond acceptors (Lipinski definition) is 5. The average Bonchev–Trinajstić information content (AvgIpc) is 2.93. The molecule has 20 heavy (non-hydrogen) atoms. The SMILES string of the molecule is CCC=C(C)C(=O)N1CSCC1C(=O)NCC(=O)OC. The van der Waals surface area contributed by atoms with Gasteiger partial charge in [-0.05, 0) is 13.3 Å². The number of methoxy groups -OCH3 is 1. The summed E-state index contributed by atoms with van der Waals surface area (Å²) in [6.07, 6.45) is 2.62. The number of ether oxygens (including phenoxy) is 1. The van der Waals surface area contributed by atoms with Crippen molar-refractivity contribution in [3.63, 3.8) is 0 Å². The molecule has 1 fully saturated rings. The van der Waals surface area contributed by atoms with E-state index in [4.69, 9.17) is 0 Å². The maximum absolute atomic E-state index is 12.2. The second-order valence-corrected chi connectivity index (χ2v) is 5.38. The van der Waals surface area contributed by atoms with Crippen LogP contribution < -0.4 is 5.32 Å². The van der Waals surface area contributed by atoms with Crippen molar-refractivity contribution in [1.82, 2.24) is 10.2 Å². The Morgan fingerprint density at radius 1 is 1.45 bits per heavy atom. The fourth-order valence-corrected chi connectivity index (χ4v) is 2.98. The Bertz CT molecular complexity index is 423. The van der Waals surface area contributed by atoms with Crippen molar-refractivity contribution in [2.45, 2.75) is 26.3 Å². The first kappa shape index (κ1) is 16.6. The van der Waals surface area contributed by atoms with Crippen molar-refractivity contribution in [2.75, 3.05) is 25.3 Å². The molecule has 6 nitrogen and oxygen atoms in total. The molecule has 0 aromatic carbocycles. The highest BCUT2D eigenvalue weighted by Crippen LogP contribution is 2.23. The van der Waals surface area contributed by atoms with Gasteiger partial charge >= 0.3 is 5.97 Å². The molecule has 1 rings (SSSR count). The number of thioether (sulfide) groups is 1.